The Morgan fingerprint density at radius 1 is 1.25 bits per heavy atom. The highest BCUT2D eigenvalue weighted by atomic mass is 35.5. The van der Waals surface area contributed by atoms with Crippen molar-refractivity contribution in [2.24, 2.45) is 5.73 Å². The third-order valence-corrected chi connectivity index (χ3v) is 3.76. The predicted molar refractivity (Wildman–Crippen MR) is 75.9 cm³/mol. The monoisotopic (exact) mass is 308 g/mol. The largest absolute Gasteiger partial charge is 0.416 e. The third kappa shape index (κ3) is 4.11. The summed E-state index contributed by atoms with van der Waals surface area (Å²) in [5, 5.41) is 0. The van der Waals surface area contributed by atoms with E-state index in [0.29, 0.717) is 0 Å². The molecule has 1 aliphatic heterocycles. The van der Waals surface area contributed by atoms with Crippen molar-refractivity contribution in [2.75, 3.05) is 13.1 Å². The fourth-order valence-electron chi connectivity index (χ4n) is 2.55. The molecule has 6 heteroatoms. The van der Waals surface area contributed by atoms with E-state index in [4.69, 9.17) is 5.73 Å². The number of piperidine rings is 1. The summed E-state index contributed by atoms with van der Waals surface area (Å²) >= 11 is 0. The van der Waals surface area contributed by atoms with Crippen molar-refractivity contribution < 1.29 is 13.2 Å². The van der Waals surface area contributed by atoms with Gasteiger partial charge in [-0.25, -0.2) is 0 Å². The summed E-state index contributed by atoms with van der Waals surface area (Å²) in [6, 6.07) is 5.70. The molecule has 0 saturated carbocycles. The number of hydrogen-bond donors (Lipinski definition) is 1. The number of hydrogen-bond acceptors (Lipinski definition) is 2. The number of rotatable bonds is 2. The van der Waals surface area contributed by atoms with Crippen LogP contribution in [0.1, 0.15) is 36.9 Å². The first-order valence-electron chi connectivity index (χ1n) is 6.54. The van der Waals surface area contributed by atoms with Crippen LogP contribution in [-0.2, 0) is 6.18 Å². The summed E-state index contributed by atoms with van der Waals surface area (Å²) in [6.45, 7) is 3.78. The number of benzene rings is 1. The van der Waals surface area contributed by atoms with Gasteiger partial charge in [0.15, 0.2) is 0 Å². The van der Waals surface area contributed by atoms with E-state index in [-0.39, 0.29) is 24.5 Å². The fraction of sp³-hybridized carbons (Fsp3) is 0.571. The van der Waals surface area contributed by atoms with E-state index in [0.717, 1.165) is 43.6 Å². The van der Waals surface area contributed by atoms with Gasteiger partial charge in [-0.1, -0.05) is 12.1 Å². The summed E-state index contributed by atoms with van der Waals surface area (Å²) in [7, 11) is 0. The standard InChI is InChI=1S/C14H19F3N2.ClH/c1-10(19-8-2-3-13(18)9-19)11-4-6-12(7-5-11)14(15,16)17;/h4-7,10,13H,2-3,8-9,18H2,1H3;1H. The molecular weight excluding hydrogens is 289 g/mol. The van der Waals surface area contributed by atoms with Crippen LogP contribution in [0.5, 0.6) is 0 Å². The molecule has 2 rings (SSSR count). The molecule has 0 spiro atoms. The lowest BCUT2D eigenvalue weighted by atomic mass is 10.00. The maximum Gasteiger partial charge on any atom is 0.416 e. The van der Waals surface area contributed by atoms with Crippen molar-refractivity contribution in [2.45, 2.75) is 38.0 Å². The molecule has 2 nitrogen and oxygen atoms in total. The van der Waals surface area contributed by atoms with Gasteiger partial charge in [0.05, 0.1) is 5.56 Å². The van der Waals surface area contributed by atoms with Gasteiger partial charge in [0.1, 0.15) is 0 Å². The molecule has 2 unspecified atom stereocenters. The lowest BCUT2D eigenvalue weighted by Gasteiger charge is -2.35. The van der Waals surface area contributed by atoms with Crippen LogP contribution in [-0.4, -0.2) is 24.0 Å². The summed E-state index contributed by atoms with van der Waals surface area (Å²) in [5.74, 6) is 0. The zero-order valence-electron chi connectivity index (χ0n) is 11.4. The number of halogens is 4. The average molecular weight is 309 g/mol. The number of nitrogens with two attached hydrogens (primary N) is 1. The maximum atomic E-state index is 12.5. The van der Waals surface area contributed by atoms with Crippen molar-refractivity contribution in [1.82, 2.24) is 4.90 Å². The average Bonchev–Trinajstić information content (AvgIpc) is 2.37. The Balaban J connectivity index is 0.00000200. The van der Waals surface area contributed by atoms with Crippen LogP contribution in [0, 0.1) is 0 Å². The lowest BCUT2D eigenvalue weighted by Crippen LogP contribution is -2.43. The Bertz CT molecular complexity index is 419. The van der Waals surface area contributed by atoms with Gasteiger partial charge in [-0.15, -0.1) is 12.4 Å². The molecule has 1 fully saturated rings. The molecule has 1 saturated heterocycles. The summed E-state index contributed by atoms with van der Waals surface area (Å²) < 4.78 is 37.5. The molecule has 114 valence electrons. The second-order valence-corrected chi connectivity index (χ2v) is 5.19. The topological polar surface area (TPSA) is 29.3 Å². The quantitative estimate of drug-likeness (QED) is 0.904. The van der Waals surface area contributed by atoms with Gasteiger partial charge in [0.25, 0.3) is 0 Å². The highest BCUT2D eigenvalue weighted by molar-refractivity contribution is 5.85. The molecule has 1 aromatic rings. The van der Waals surface area contributed by atoms with Gasteiger partial charge in [0.2, 0.25) is 0 Å². The van der Waals surface area contributed by atoms with Crippen LogP contribution >= 0.6 is 12.4 Å². The lowest BCUT2D eigenvalue weighted by molar-refractivity contribution is -0.137. The number of nitrogens with zero attached hydrogens (tertiary/aromatic N) is 1. The fourth-order valence-corrected chi connectivity index (χ4v) is 2.55. The van der Waals surface area contributed by atoms with Crippen LogP contribution in [0.25, 0.3) is 0 Å². The van der Waals surface area contributed by atoms with Crippen LogP contribution in [0.4, 0.5) is 13.2 Å². The Hall–Kier alpha value is -0.780. The Labute approximate surface area is 123 Å². The zero-order valence-corrected chi connectivity index (χ0v) is 12.2. The van der Waals surface area contributed by atoms with E-state index in [9.17, 15) is 13.2 Å². The molecule has 2 N–H and O–H groups in total. The SMILES string of the molecule is CC(c1ccc(C(F)(F)F)cc1)N1CCCC(N)C1.Cl. The van der Waals surface area contributed by atoms with Crippen LogP contribution in [0.15, 0.2) is 24.3 Å². The maximum absolute atomic E-state index is 12.5. The van der Waals surface area contributed by atoms with Gasteiger partial charge in [-0.05, 0) is 44.0 Å². The number of likely N-dealkylation sites (tertiary alicyclic amines) is 1. The van der Waals surface area contributed by atoms with E-state index < -0.39 is 11.7 Å². The molecule has 0 amide bonds. The summed E-state index contributed by atoms with van der Waals surface area (Å²) in [4.78, 5) is 2.23. The minimum absolute atomic E-state index is 0. The normalized spacial score (nSPS) is 22.1. The Morgan fingerprint density at radius 3 is 2.35 bits per heavy atom. The number of alkyl halides is 3. The highest BCUT2D eigenvalue weighted by Crippen LogP contribution is 2.31. The van der Waals surface area contributed by atoms with Crippen molar-refractivity contribution in [1.29, 1.82) is 0 Å². The molecule has 1 aromatic carbocycles. The predicted octanol–water partition coefficient (Wildman–Crippen LogP) is 3.61. The van der Waals surface area contributed by atoms with Gasteiger partial charge in [0, 0.05) is 18.6 Å². The first-order valence-corrected chi connectivity index (χ1v) is 6.54. The van der Waals surface area contributed by atoms with Crippen molar-refractivity contribution in [3.8, 4) is 0 Å². The molecule has 20 heavy (non-hydrogen) atoms. The van der Waals surface area contributed by atoms with Gasteiger partial charge in [-0.2, -0.15) is 13.2 Å². The molecule has 2 atom stereocenters. The highest BCUT2D eigenvalue weighted by Gasteiger charge is 2.30. The molecule has 0 radical (unpaired) electrons. The first-order chi connectivity index (χ1) is 8.88. The molecular formula is C14H20ClF3N2. The van der Waals surface area contributed by atoms with Crippen molar-refractivity contribution in [3.05, 3.63) is 35.4 Å². The van der Waals surface area contributed by atoms with E-state index in [1.54, 1.807) is 12.1 Å². The van der Waals surface area contributed by atoms with Gasteiger partial charge < -0.3 is 5.73 Å². The minimum Gasteiger partial charge on any atom is -0.327 e. The molecule has 0 bridgehead atoms. The van der Waals surface area contributed by atoms with E-state index in [1.807, 2.05) is 6.92 Å². The third-order valence-electron chi connectivity index (χ3n) is 3.76. The van der Waals surface area contributed by atoms with Crippen LogP contribution in [0.2, 0.25) is 0 Å². The van der Waals surface area contributed by atoms with E-state index in [2.05, 4.69) is 4.90 Å². The van der Waals surface area contributed by atoms with Gasteiger partial charge in [-0.3, -0.25) is 4.90 Å². The van der Waals surface area contributed by atoms with Gasteiger partial charge >= 0.3 is 6.18 Å². The Morgan fingerprint density at radius 2 is 1.85 bits per heavy atom. The van der Waals surface area contributed by atoms with Crippen LogP contribution < -0.4 is 5.73 Å². The Kier molecular flexibility index (Phi) is 5.86. The van der Waals surface area contributed by atoms with E-state index in [1.165, 1.54) is 0 Å². The second-order valence-electron chi connectivity index (χ2n) is 5.19. The second kappa shape index (κ2) is 6.78. The molecule has 1 aliphatic rings. The summed E-state index contributed by atoms with van der Waals surface area (Å²) in [6.07, 6.45) is -2.20. The van der Waals surface area contributed by atoms with Crippen molar-refractivity contribution in [3.63, 3.8) is 0 Å². The minimum atomic E-state index is -4.27. The first kappa shape index (κ1) is 17.3. The summed E-state index contributed by atoms with van der Waals surface area (Å²) in [5.41, 5.74) is 6.24. The zero-order chi connectivity index (χ0) is 14.0. The molecule has 0 aliphatic carbocycles. The van der Waals surface area contributed by atoms with Crippen LogP contribution in [0.3, 0.4) is 0 Å². The molecule has 0 aromatic heterocycles. The van der Waals surface area contributed by atoms with Crippen molar-refractivity contribution >= 4 is 12.4 Å². The van der Waals surface area contributed by atoms with E-state index >= 15 is 0 Å². The molecule has 1 heterocycles. The smallest absolute Gasteiger partial charge is 0.327 e.